The summed E-state index contributed by atoms with van der Waals surface area (Å²) in [6.07, 6.45) is 2.59. The number of fused-ring (bicyclic) bond motifs is 1. The molecule has 0 aliphatic heterocycles. The minimum Gasteiger partial charge on any atom is -0.497 e. The summed E-state index contributed by atoms with van der Waals surface area (Å²) in [5.74, 6) is 0.996. The van der Waals surface area contributed by atoms with E-state index in [1.165, 1.54) is 6.07 Å². The molecule has 0 saturated heterocycles. The van der Waals surface area contributed by atoms with E-state index in [2.05, 4.69) is 25.9 Å². The first-order valence-electron chi connectivity index (χ1n) is 10.3. The van der Waals surface area contributed by atoms with Gasteiger partial charge in [0.1, 0.15) is 11.6 Å². The molecular formula is C23H29FIN5O2. The largest absolute Gasteiger partial charge is 0.497 e. The van der Waals surface area contributed by atoms with Crippen molar-refractivity contribution in [3.05, 3.63) is 65.6 Å². The second-order valence-electron chi connectivity index (χ2n) is 6.93. The second-order valence-corrected chi connectivity index (χ2v) is 6.93. The summed E-state index contributed by atoms with van der Waals surface area (Å²) < 4.78 is 18.6. The van der Waals surface area contributed by atoms with Crippen molar-refractivity contribution in [1.29, 1.82) is 0 Å². The van der Waals surface area contributed by atoms with Gasteiger partial charge < -0.3 is 25.7 Å². The zero-order valence-electron chi connectivity index (χ0n) is 18.2. The van der Waals surface area contributed by atoms with Crippen LogP contribution < -0.4 is 20.7 Å². The Morgan fingerprint density at radius 1 is 1.09 bits per heavy atom. The van der Waals surface area contributed by atoms with Gasteiger partial charge in [0, 0.05) is 48.8 Å². The van der Waals surface area contributed by atoms with Crippen LogP contribution in [0, 0.1) is 5.82 Å². The van der Waals surface area contributed by atoms with Gasteiger partial charge in [-0.05, 0) is 61.4 Å². The summed E-state index contributed by atoms with van der Waals surface area (Å²) in [5, 5.41) is 10.2. The van der Waals surface area contributed by atoms with Gasteiger partial charge in [0.2, 0.25) is 0 Å². The minimum atomic E-state index is -0.247. The zero-order valence-corrected chi connectivity index (χ0v) is 20.5. The molecule has 3 aromatic rings. The highest BCUT2D eigenvalue weighted by Crippen LogP contribution is 2.19. The monoisotopic (exact) mass is 553 g/mol. The Balaban J connectivity index is 0.00000363. The summed E-state index contributed by atoms with van der Waals surface area (Å²) in [5.41, 5.74) is 2.52. The number of carbonyl (C=O) groups excluding carboxylic acids is 1. The van der Waals surface area contributed by atoms with Gasteiger partial charge in [-0.25, -0.2) is 4.39 Å². The molecule has 7 nitrogen and oxygen atoms in total. The van der Waals surface area contributed by atoms with E-state index >= 15 is 0 Å². The zero-order chi connectivity index (χ0) is 22.1. The SMILES string of the molecule is CCNC(=NCCc1c[nH]c2ccc(F)cc12)NCCNC(=O)c1ccc(OC)cc1.I. The van der Waals surface area contributed by atoms with Crippen molar-refractivity contribution in [2.75, 3.05) is 33.3 Å². The standard InChI is InChI=1S/C23H28FN5O2.HI/c1-3-25-23(27-11-10-17-15-29-21-9-6-18(24)14-20(17)21)28-13-12-26-22(30)16-4-7-19(31-2)8-5-16;/h4-9,14-15,29H,3,10-13H2,1-2H3,(H,26,30)(H2,25,27,28);1H. The van der Waals surface area contributed by atoms with Crippen molar-refractivity contribution in [2.24, 2.45) is 4.99 Å². The van der Waals surface area contributed by atoms with E-state index in [1.54, 1.807) is 43.5 Å². The van der Waals surface area contributed by atoms with Crippen molar-refractivity contribution in [1.82, 2.24) is 20.9 Å². The Morgan fingerprint density at radius 3 is 2.56 bits per heavy atom. The van der Waals surface area contributed by atoms with E-state index in [9.17, 15) is 9.18 Å². The molecule has 0 unspecified atom stereocenters. The number of halogens is 2. The van der Waals surface area contributed by atoms with E-state index in [-0.39, 0.29) is 35.7 Å². The fraction of sp³-hybridized carbons (Fsp3) is 0.304. The summed E-state index contributed by atoms with van der Waals surface area (Å²) in [6, 6.07) is 11.7. The maximum absolute atomic E-state index is 13.5. The molecule has 9 heteroatoms. The van der Waals surface area contributed by atoms with Crippen LogP contribution in [0.1, 0.15) is 22.8 Å². The number of benzene rings is 2. The average molecular weight is 553 g/mol. The highest BCUT2D eigenvalue weighted by atomic mass is 127. The summed E-state index contributed by atoms with van der Waals surface area (Å²) in [7, 11) is 1.59. The quantitative estimate of drug-likeness (QED) is 0.142. The Bertz CT molecular complexity index is 1040. The number of nitrogens with one attached hydrogen (secondary N) is 4. The number of amides is 1. The second kappa shape index (κ2) is 12.9. The van der Waals surface area contributed by atoms with Crippen LogP contribution in [0.15, 0.2) is 53.7 Å². The maximum Gasteiger partial charge on any atom is 0.251 e. The third kappa shape index (κ3) is 7.11. The number of nitrogens with zero attached hydrogens (tertiary/aromatic N) is 1. The lowest BCUT2D eigenvalue weighted by molar-refractivity contribution is 0.0954. The smallest absolute Gasteiger partial charge is 0.251 e. The van der Waals surface area contributed by atoms with E-state index in [4.69, 9.17) is 4.74 Å². The van der Waals surface area contributed by atoms with Gasteiger partial charge >= 0.3 is 0 Å². The molecular weight excluding hydrogens is 524 g/mol. The predicted molar refractivity (Wildman–Crippen MR) is 137 cm³/mol. The fourth-order valence-corrected chi connectivity index (χ4v) is 3.19. The number of methoxy groups -OCH3 is 1. The van der Waals surface area contributed by atoms with E-state index in [0.717, 1.165) is 23.0 Å². The van der Waals surface area contributed by atoms with Crippen LogP contribution in [-0.2, 0) is 6.42 Å². The first-order valence-corrected chi connectivity index (χ1v) is 10.3. The van der Waals surface area contributed by atoms with E-state index < -0.39 is 0 Å². The molecule has 0 aliphatic rings. The number of carbonyl (C=O) groups is 1. The number of aromatic nitrogens is 1. The van der Waals surface area contributed by atoms with Crippen molar-refractivity contribution in [3.8, 4) is 5.75 Å². The molecule has 0 fully saturated rings. The van der Waals surface area contributed by atoms with Gasteiger partial charge in [-0.15, -0.1) is 24.0 Å². The Labute approximate surface area is 204 Å². The maximum atomic E-state index is 13.5. The van der Waals surface area contributed by atoms with Crippen molar-refractivity contribution >= 4 is 46.7 Å². The number of rotatable bonds is 9. The number of aliphatic imine (C=N–C) groups is 1. The van der Waals surface area contributed by atoms with Gasteiger partial charge in [0.25, 0.3) is 5.91 Å². The number of hydrogen-bond donors (Lipinski definition) is 4. The van der Waals surface area contributed by atoms with Crippen molar-refractivity contribution < 1.29 is 13.9 Å². The van der Waals surface area contributed by atoms with E-state index in [1.807, 2.05) is 13.1 Å². The first-order chi connectivity index (χ1) is 15.1. The van der Waals surface area contributed by atoms with E-state index in [0.29, 0.717) is 43.3 Å². The molecule has 0 bridgehead atoms. The third-order valence-electron chi connectivity index (χ3n) is 4.78. The molecule has 172 valence electrons. The molecule has 1 aromatic heterocycles. The van der Waals surface area contributed by atoms with Crippen molar-refractivity contribution in [3.63, 3.8) is 0 Å². The topological polar surface area (TPSA) is 90.5 Å². The molecule has 1 heterocycles. The van der Waals surface area contributed by atoms with Crippen molar-refractivity contribution in [2.45, 2.75) is 13.3 Å². The first kappa shape index (κ1) is 25.4. The molecule has 0 spiro atoms. The lowest BCUT2D eigenvalue weighted by atomic mass is 10.1. The van der Waals surface area contributed by atoms with Crippen LogP contribution in [0.3, 0.4) is 0 Å². The Morgan fingerprint density at radius 2 is 1.84 bits per heavy atom. The van der Waals surface area contributed by atoms with Crippen LogP contribution >= 0.6 is 24.0 Å². The lowest BCUT2D eigenvalue weighted by Crippen LogP contribution is -2.41. The third-order valence-corrected chi connectivity index (χ3v) is 4.78. The summed E-state index contributed by atoms with van der Waals surface area (Å²) in [4.78, 5) is 19.9. The normalized spacial score (nSPS) is 11.0. The molecule has 32 heavy (non-hydrogen) atoms. The number of aromatic amines is 1. The highest BCUT2D eigenvalue weighted by Gasteiger charge is 2.06. The van der Waals surface area contributed by atoms with Crippen LogP contribution in [-0.4, -0.2) is 50.1 Å². The Kier molecular flexibility index (Phi) is 10.3. The molecule has 0 radical (unpaired) electrons. The van der Waals surface area contributed by atoms with Gasteiger partial charge in [-0.3, -0.25) is 9.79 Å². The molecule has 4 N–H and O–H groups in total. The van der Waals surface area contributed by atoms with Gasteiger partial charge in [0.05, 0.1) is 7.11 Å². The minimum absolute atomic E-state index is 0. The number of ether oxygens (including phenoxy) is 1. The molecule has 0 aliphatic carbocycles. The summed E-state index contributed by atoms with van der Waals surface area (Å²) >= 11 is 0. The van der Waals surface area contributed by atoms with Crippen LogP contribution in [0.4, 0.5) is 4.39 Å². The van der Waals surface area contributed by atoms with Crippen LogP contribution in [0.5, 0.6) is 5.75 Å². The Hall–Kier alpha value is -2.82. The molecule has 0 saturated carbocycles. The lowest BCUT2D eigenvalue weighted by Gasteiger charge is -2.12. The number of H-pyrrole nitrogens is 1. The highest BCUT2D eigenvalue weighted by molar-refractivity contribution is 14.0. The average Bonchev–Trinajstić information content (AvgIpc) is 3.18. The molecule has 3 rings (SSSR count). The molecule has 2 aromatic carbocycles. The fourth-order valence-electron chi connectivity index (χ4n) is 3.19. The summed E-state index contributed by atoms with van der Waals surface area (Å²) in [6.45, 7) is 4.26. The molecule has 0 atom stereocenters. The van der Waals surface area contributed by atoms with Gasteiger partial charge in [-0.2, -0.15) is 0 Å². The number of guanidine groups is 1. The predicted octanol–water partition coefficient (Wildman–Crippen LogP) is 3.46. The van der Waals surface area contributed by atoms with Crippen LogP contribution in [0.2, 0.25) is 0 Å². The molecule has 1 amide bonds. The number of hydrogen-bond acceptors (Lipinski definition) is 3. The van der Waals surface area contributed by atoms with Crippen LogP contribution in [0.25, 0.3) is 10.9 Å². The van der Waals surface area contributed by atoms with Gasteiger partial charge in [-0.1, -0.05) is 0 Å². The van der Waals surface area contributed by atoms with Gasteiger partial charge in [0.15, 0.2) is 5.96 Å².